The number of ether oxygens (including phenoxy) is 3. The maximum absolute atomic E-state index is 13.2. The zero-order valence-electron chi connectivity index (χ0n) is 30.1. The minimum atomic E-state index is -1.05. The first-order chi connectivity index (χ1) is 21.9. The van der Waals surface area contributed by atoms with E-state index < -0.39 is 29.7 Å². The molecule has 47 heavy (non-hydrogen) atoms. The van der Waals surface area contributed by atoms with Crippen LogP contribution in [-0.2, 0) is 19.0 Å². The minimum absolute atomic E-state index is 0.0460. The second-order valence-electron chi connectivity index (χ2n) is 18.7. The van der Waals surface area contributed by atoms with Crippen molar-refractivity contribution in [1.29, 1.82) is 0 Å². The molecule has 7 fully saturated rings. The van der Waals surface area contributed by atoms with Crippen molar-refractivity contribution in [2.24, 2.45) is 56.7 Å². The van der Waals surface area contributed by atoms with Crippen LogP contribution < -0.4 is 0 Å². The molecule has 3 N–H and O–H groups in total. The van der Waals surface area contributed by atoms with Gasteiger partial charge in [-0.25, -0.2) is 4.79 Å². The van der Waals surface area contributed by atoms with E-state index in [4.69, 9.17) is 14.2 Å². The van der Waals surface area contributed by atoms with Crippen LogP contribution in [0.15, 0.2) is 0 Å². The van der Waals surface area contributed by atoms with Gasteiger partial charge >= 0.3 is 12.1 Å². The number of carboxylic acids is 1. The molecule has 9 nitrogen and oxygen atoms in total. The molecule has 0 aromatic heterocycles. The van der Waals surface area contributed by atoms with E-state index in [0.717, 1.165) is 38.5 Å². The monoisotopic (exact) mass is 659 g/mol. The number of carbonyl (C=O) groups is 2. The van der Waals surface area contributed by atoms with Crippen LogP contribution in [0.3, 0.4) is 0 Å². The fraction of sp³-hybridized carbons (Fsp3) is 0.947. The zero-order valence-corrected chi connectivity index (χ0v) is 30.1. The van der Waals surface area contributed by atoms with Gasteiger partial charge in [-0.1, -0.05) is 34.6 Å². The fourth-order valence-electron chi connectivity index (χ4n) is 14.0. The molecule has 14 atom stereocenters. The maximum Gasteiger partial charge on any atom is 0.410 e. The lowest BCUT2D eigenvalue weighted by Gasteiger charge is -2.63. The van der Waals surface area contributed by atoms with E-state index in [0.29, 0.717) is 37.3 Å². The quantitative estimate of drug-likeness (QED) is 0.323. The Labute approximate surface area is 281 Å². The molecule has 0 aromatic rings. The van der Waals surface area contributed by atoms with Crippen molar-refractivity contribution in [3.05, 3.63) is 0 Å². The average Bonchev–Trinajstić information content (AvgIpc) is 3.28. The molecule has 2 spiro atoms. The summed E-state index contributed by atoms with van der Waals surface area (Å²) >= 11 is 0. The first-order valence-electron chi connectivity index (χ1n) is 18.7. The Hall–Kier alpha value is -1.42. The zero-order chi connectivity index (χ0) is 34.1. The Morgan fingerprint density at radius 2 is 1.70 bits per heavy atom. The van der Waals surface area contributed by atoms with Gasteiger partial charge in [0.1, 0.15) is 12.2 Å². The Morgan fingerprint density at radius 3 is 2.34 bits per heavy atom. The number of aliphatic carboxylic acids is 1. The summed E-state index contributed by atoms with van der Waals surface area (Å²) in [6, 6.07) is 0. The van der Waals surface area contributed by atoms with Crippen LogP contribution >= 0.6 is 0 Å². The Morgan fingerprint density at radius 1 is 1.02 bits per heavy atom. The predicted octanol–water partition coefficient (Wildman–Crippen LogP) is 5.89. The van der Waals surface area contributed by atoms with Gasteiger partial charge in [0, 0.05) is 30.5 Å². The van der Waals surface area contributed by atoms with E-state index in [1.165, 1.54) is 12.8 Å². The summed E-state index contributed by atoms with van der Waals surface area (Å²) in [4.78, 5) is 26.3. The summed E-state index contributed by atoms with van der Waals surface area (Å²) in [6.07, 6.45) is 6.66. The van der Waals surface area contributed by atoms with Crippen LogP contribution in [0.25, 0.3) is 0 Å². The van der Waals surface area contributed by atoms with Crippen LogP contribution in [-0.4, -0.2) is 88.1 Å². The molecule has 0 bridgehead atoms. The van der Waals surface area contributed by atoms with Crippen LogP contribution in [0.5, 0.6) is 0 Å². The molecular formula is C38H61NO8. The van der Waals surface area contributed by atoms with Gasteiger partial charge in [0.05, 0.1) is 29.8 Å². The van der Waals surface area contributed by atoms with Gasteiger partial charge in [-0.3, -0.25) is 4.79 Å². The third-order valence-electron chi connectivity index (χ3n) is 16.2. The maximum atomic E-state index is 13.2. The second-order valence-corrected chi connectivity index (χ2v) is 18.7. The molecule has 9 heteroatoms. The van der Waals surface area contributed by atoms with E-state index >= 15 is 0 Å². The normalized spacial score (nSPS) is 50.3. The number of hydrogen-bond donors (Lipinski definition) is 3. The summed E-state index contributed by atoms with van der Waals surface area (Å²) in [6.45, 7) is 18.5. The summed E-state index contributed by atoms with van der Waals surface area (Å²) in [5, 5.41) is 33.0. The molecule has 2 heterocycles. The third kappa shape index (κ3) is 4.46. The Kier molecular flexibility index (Phi) is 7.82. The first kappa shape index (κ1) is 34.0. The van der Waals surface area contributed by atoms with Gasteiger partial charge in [-0.2, -0.15) is 0 Å². The smallest absolute Gasteiger partial charge is 0.410 e. The lowest BCUT2D eigenvalue weighted by Crippen LogP contribution is -2.60. The van der Waals surface area contributed by atoms with Gasteiger partial charge < -0.3 is 34.4 Å². The molecule has 0 aromatic carbocycles. The molecular weight excluding hydrogens is 598 g/mol. The van der Waals surface area contributed by atoms with Crippen molar-refractivity contribution in [3.8, 4) is 0 Å². The number of amides is 1. The van der Waals surface area contributed by atoms with Crippen molar-refractivity contribution in [2.45, 2.75) is 149 Å². The number of aliphatic hydroxyl groups excluding tert-OH is 1. The number of fused-ring (bicyclic) bond motifs is 4. The number of likely N-dealkylation sites (tertiary alicyclic amines) is 1. The van der Waals surface area contributed by atoms with E-state index in [9.17, 15) is 24.9 Å². The lowest BCUT2D eigenvalue weighted by atomic mass is 9.41. The van der Waals surface area contributed by atoms with E-state index in [1.807, 2.05) is 6.92 Å². The van der Waals surface area contributed by atoms with E-state index in [2.05, 4.69) is 34.6 Å². The summed E-state index contributed by atoms with van der Waals surface area (Å²) in [5.74, 6) is 0.0934. The van der Waals surface area contributed by atoms with Gasteiger partial charge in [0.25, 0.3) is 0 Å². The Bertz CT molecular complexity index is 1280. The number of rotatable bonds is 6. The van der Waals surface area contributed by atoms with Crippen molar-refractivity contribution < 1.29 is 39.1 Å². The van der Waals surface area contributed by atoms with Crippen LogP contribution in [0.1, 0.15) is 113 Å². The van der Waals surface area contributed by atoms with Gasteiger partial charge in [-0.05, 0) is 118 Å². The highest BCUT2D eigenvalue weighted by molar-refractivity contribution is 5.74. The van der Waals surface area contributed by atoms with E-state index in [-0.39, 0.29) is 63.9 Å². The molecule has 266 valence electrons. The molecule has 0 radical (unpaired) electrons. The third-order valence-corrected chi connectivity index (χ3v) is 16.2. The van der Waals surface area contributed by atoms with Crippen LogP contribution in [0.2, 0.25) is 0 Å². The molecule has 4 unspecified atom stereocenters. The number of aliphatic hydroxyl groups is 2. The second kappa shape index (κ2) is 10.8. The molecule has 2 saturated heterocycles. The van der Waals surface area contributed by atoms with Crippen molar-refractivity contribution in [1.82, 2.24) is 4.90 Å². The standard InChI is InChI=1S/C38H61NO8/c1-9-45-30(34(5,6)44)23-18-21(2)27-28(46-23)29(40)36(8)25-11-10-24-33(3,4)26(47-32(43)39-17-13-22(19-39)31(41)42)12-14-37(24)20-38(25,37)16-15-35(27,36)7/h21-30,40,44H,9-20H2,1-8H3,(H,41,42)/t21-,22+,23?,24+,25?,26?,27+,28?,29+,30+,35-,36-,37-,38+/m1/s1. The number of hydrogen-bond acceptors (Lipinski definition) is 7. The molecule has 7 rings (SSSR count). The molecule has 5 aliphatic carbocycles. The van der Waals surface area contributed by atoms with Gasteiger partial charge in [-0.15, -0.1) is 0 Å². The average molecular weight is 660 g/mol. The van der Waals surface area contributed by atoms with E-state index in [1.54, 1.807) is 18.7 Å². The van der Waals surface area contributed by atoms with Crippen molar-refractivity contribution in [2.75, 3.05) is 19.7 Å². The summed E-state index contributed by atoms with van der Waals surface area (Å²) in [7, 11) is 0. The Balaban J connectivity index is 1.12. The highest BCUT2D eigenvalue weighted by Gasteiger charge is 2.84. The minimum Gasteiger partial charge on any atom is -0.481 e. The molecule has 2 aliphatic heterocycles. The van der Waals surface area contributed by atoms with Gasteiger partial charge in [0.15, 0.2) is 0 Å². The topological polar surface area (TPSA) is 126 Å². The highest BCUT2D eigenvalue weighted by atomic mass is 16.6. The predicted molar refractivity (Wildman–Crippen MR) is 175 cm³/mol. The molecule has 7 aliphatic rings. The number of carbonyl (C=O) groups excluding carboxylic acids is 1. The SMILES string of the molecule is CCO[C@@H](C1C[C@@H](C)[C@H]2C(O1)[C@H](O)[C@@]1(C)C3CC[C@H]4C(C)(C)C(OC(=O)N5CC[C@H](C(=O)O)C5)CC[C@@]45C[C@@]35CC[C@]21C)C(C)(C)O. The highest BCUT2D eigenvalue weighted by Crippen LogP contribution is 2.89. The van der Waals surface area contributed by atoms with Crippen LogP contribution in [0.4, 0.5) is 4.79 Å². The summed E-state index contributed by atoms with van der Waals surface area (Å²) in [5.41, 5.74) is -1.16. The van der Waals surface area contributed by atoms with Crippen molar-refractivity contribution in [3.63, 3.8) is 0 Å². The van der Waals surface area contributed by atoms with Crippen LogP contribution in [0, 0.1) is 56.7 Å². The summed E-state index contributed by atoms with van der Waals surface area (Å²) < 4.78 is 19.3. The molecule has 1 amide bonds. The number of carboxylic acid groups (broad SMARTS) is 1. The largest absolute Gasteiger partial charge is 0.481 e. The number of nitrogens with zero attached hydrogens (tertiary/aromatic N) is 1. The van der Waals surface area contributed by atoms with Gasteiger partial charge in [0.2, 0.25) is 0 Å². The lowest BCUT2D eigenvalue weighted by molar-refractivity contribution is -0.215. The molecule has 5 saturated carbocycles. The first-order valence-corrected chi connectivity index (χ1v) is 18.7. The fourth-order valence-corrected chi connectivity index (χ4v) is 14.0. The van der Waals surface area contributed by atoms with Crippen molar-refractivity contribution >= 4 is 12.1 Å².